The Labute approximate surface area is 160 Å². The predicted octanol–water partition coefficient (Wildman–Crippen LogP) is 2.70. The maximum absolute atomic E-state index is 11.8. The summed E-state index contributed by atoms with van der Waals surface area (Å²) in [5.74, 6) is 1.11. The number of ether oxygens (including phenoxy) is 2. The molecule has 1 amide bonds. The number of methoxy groups -OCH3 is 1. The van der Waals surface area contributed by atoms with Gasteiger partial charge in [0.2, 0.25) is 5.91 Å². The van der Waals surface area contributed by atoms with Crippen molar-refractivity contribution < 1.29 is 14.3 Å². The summed E-state index contributed by atoms with van der Waals surface area (Å²) >= 11 is 0. The van der Waals surface area contributed by atoms with E-state index in [1.165, 1.54) is 22.0 Å². The highest BCUT2D eigenvalue weighted by Crippen LogP contribution is 2.34. The second-order valence-corrected chi connectivity index (χ2v) is 7.89. The quantitative estimate of drug-likeness (QED) is 0.901. The lowest BCUT2D eigenvalue weighted by molar-refractivity contribution is -0.158. The van der Waals surface area contributed by atoms with Crippen LogP contribution in [0.1, 0.15) is 30.9 Å². The number of hydrogen-bond acceptors (Lipinski definition) is 4. The largest absolute Gasteiger partial charge is 0.496 e. The fourth-order valence-corrected chi connectivity index (χ4v) is 4.54. The molecule has 2 aromatic rings. The maximum atomic E-state index is 11.8. The molecule has 1 aromatic heterocycles. The van der Waals surface area contributed by atoms with E-state index in [0.717, 1.165) is 44.8 Å². The van der Waals surface area contributed by atoms with Gasteiger partial charge in [-0.3, -0.25) is 9.69 Å². The minimum absolute atomic E-state index is 0.152. The van der Waals surface area contributed by atoms with Gasteiger partial charge in [0.05, 0.1) is 19.3 Å². The maximum Gasteiger partial charge on any atom is 0.219 e. The summed E-state index contributed by atoms with van der Waals surface area (Å²) in [6, 6.07) is 4.26. The number of aryl methyl sites for hydroxylation is 1. The molecule has 0 atom stereocenters. The summed E-state index contributed by atoms with van der Waals surface area (Å²) < 4.78 is 11.8. The fourth-order valence-electron chi connectivity index (χ4n) is 4.54. The Morgan fingerprint density at radius 2 is 2.11 bits per heavy atom. The lowest BCUT2D eigenvalue weighted by Gasteiger charge is -2.47. The molecule has 0 radical (unpaired) electrons. The number of fused-ring (bicyclic) bond motifs is 1. The van der Waals surface area contributed by atoms with E-state index >= 15 is 0 Å². The predicted molar refractivity (Wildman–Crippen MR) is 105 cm³/mol. The number of amides is 1. The fraction of sp³-hybridized carbons (Fsp3) is 0.571. The third kappa shape index (κ3) is 3.44. The van der Waals surface area contributed by atoms with Crippen molar-refractivity contribution in [1.82, 2.24) is 14.8 Å². The Balaban J connectivity index is 1.49. The van der Waals surface area contributed by atoms with Gasteiger partial charge in [-0.1, -0.05) is 0 Å². The van der Waals surface area contributed by atoms with Crippen LogP contribution >= 0.6 is 0 Å². The number of nitrogens with one attached hydrogen (secondary N) is 1. The number of likely N-dealkylation sites (tertiary alicyclic amines) is 1. The molecular formula is C21H29N3O3. The van der Waals surface area contributed by atoms with Gasteiger partial charge >= 0.3 is 0 Å². The van der Waals surface area contributed by atoms with Crippen molar-refractivity contribution >= 4 is 16.8 Å². The average Bonchev–Trinajstić information content (AvgIpc) is 3.16. The van der Waals surface area contributed by atoms with Gasteiger partial charge < -0.3 is 19.4 Å². The van der Waals surface area contributed by atoms with Crippen LogP contribution in [0, 0.1) is 6.92 Å². The normalized spacial score (nSPS) is 20.3. The van der Waals surface area contributed by atoms with E-state index < -0.39 is 0 Å². The summed E-state index contributed by atoms with van der Waals surface area (Å²) in [4.78, 5) is 19.5. The summed E-state index contributed by atoms with van der Waals surface area (Å²) in [7, 11) is 1.74. The van der Waals surface area contributed by atoms with Crippen molar-refractivity contribution in [2.45, 2.75) is 38.8 Å². The molecule has 27 heavy (non-hydrogen) atoms. The number of carbonyl (C=O) groups is 1. The Morgan fingerprint density at radius 1 is 1.33 bits per heavy atom. The van der Waals surface area contributed by atoms with Crippen molar-refractivity contribution in [3.63, 3.8) is 0 Å². The number of aromatic nitrogens is 1. The van der Waals surface area contributed by atoms with E-state index in [0.29, 0.717) is 13.2 Å². The molecule has 3 heterocycles. The van der Waals surface area contributed by atoms with E-state index in [1.807, 2.05) is 11.1 Å². The van der Waals surface area contributed by atoms with Crippen molar-refractivity contribution in [3.05, 3.63) is 29.5 Å². The second-order valence-electron chi connectivity index (χ2n) is 7.89. The van der Waals surface area contributed by atoms with Gasteiger partial charge in [0.15, 0.2) is 0 Å². The molecule has 6 heteroatoms. The van der Waals surface area contributed by atoms with Crippen LogP contribution < -0.4 is 4.74 Å². The van der Waals surface area contributed by atoms with Crippen molar-refractivity contribution in [3.8, 4) is 5.75 Å². The highest BCUT2D eigenvalue weighted by Gasteiger charge is 2.40. The summed E-state index contributed by atoms with van der Waals surface area (Å²) in [6.45, 7) is 8.65. The van der Waals surface area contributed by atoms with Crippen LogP contribution in [0.4, 0.5) is 0 Å². The molecule has 0 bridgehead atoms. The minimum atomic E-state index is -0.165. The van der Waals surface area contributed by atoms with E-state index in [4.69, 9.17) is 9.47 Å². The molecule has 0 aliphatic carbocycles. The number of hydrogen-bond donors (Lipinski definition) is 1. The van der Waals surface area contributed by atoms with Gasteiger partial charge in [-0.25, -0.2) is 0 Å². The molecule has 0 saturated carbocycles. The molecule has 146 valence electrons. The summed E-state index contributed by atoms with van der Waals surface area (Å²) in [5, 5.41) is 1.24. The standard InChI is InChI=1S/C21H29N3O3/c1-15-12-19(26-3)18(17-4-7-22-20(15)17)13-23-8-5-21(6-9-23)14-24(16(2)25)10-11-27-21/h4,7,12,22H,5-6,8-11,13-14H2,1-3H3. The van der Waals surface area contributed by atoms with Crippen LogP contribution in [0.25, 0.3) is 10.9 Å². The Kier molecular flexibility index (Phi) is 4.86. The van der Waals surface area contributed by atoms with Gasteiger partial charge in [-0.2, -0.15) is 0 Å². The van der Waals surface area contributed by atoms with Gasteiger partial charge in [-0.15, -0.1) is 0 Å². The highest BCUT2D eigenvalue weighted by atomic mass is 16.5. The monoisotopic (exact) mass is 371 g/mol. The highest BCUT2D eigenvalue weighted by molar-refractivity contribution is 5.88. The zero-order chi connectivity index (χ0) is 19.0. The smallest absolute Gasteiger partial charge is 0.219 e. The minimum Gasteiger partial charge on any atom is -0.496 e. The van der Waals surface area contributed by atoms with Crippen LogP contribution in [-0.2, 0) is 16.1 Å². The van der Waals surface area contributed by atoms with Crippen LogP contribution in [-0.4, -0.2) is 66.2 Å². The number of carbonyl (C=O) groups excluding carboxylic acids is 1. The lowest BCUT2D eigenvalue weighted by atomic mass is 9.89. The third-order valence-corrected chi connectivity index (χ3v) is 6.17. The molecule has 2 saturated heterocycles. The Hall–Kier alpha value is -2.05. The summed E-state index contributed by atoms with van der Waals surface area (Å²) in [6.07, 6.45) is 3.92. The molecule has 4 rings (SSSR count). The lowest BCUT2D eigenvalue weighted by Crippen LogP contribution is -2.57. The number of aromatic amines is 1. The van der Waals surface area contributed by atoms with Gasteiger partial charge in [0.1, 0.15) is 5.75 Å². The molecule has 2 fully saturated rings. The van der Waals surface area contributed by atoms with Gasteiger partial charge in [0.25, 0.3) is 0 Å². The number of piperidine rings is 1. The van der Waals surface area contributed by atoms with Gasteiger partial charge in [0, 0.05) is 62.3 Å². The number of benzene rings is 1. The third-order valence-electron chi connectivity index (χ3n) is 6.17. The van der Waals surface area contributed by atoms with Crippen molar-refractivity contribution in [2.75, 3.05) is 39.9 Å². The molecule has 1 spiro atoms. The van der Waals surface area contributed by atoms with E-state index in [9.17, 15) is 4.79 Å². The topological polar surface area (TPSA) is 57.8 Å². The van der Waals surface area contributed by atoms with Crippen LogP contribution in [0.15, 0.2) is 18.3 Å². The zero-order valence-corrected chi connectivity index (χ0v) is 16.5. The second kappa shape index (κ2) is 7.17. The van der Waals surface area contributed by atoms with Crippen molar-refractivity contribution in [1.29, 1.82) is 0 Å². The first kappa shape index (κ1) is 18.3. The molecule has 2 aliphatic rings. The van der Waals surface area contributed by atoms with Crippen LogP contribution in [0.5, 0.6) is 5.75 Å². The molecule has 0 unspecified atom stereocenters. The van der Waals surface area contributed by atoms with Crippen LogP contribution in [0.3, 0.4) is 0 Å². The van der Waals surface area contributed by atoms with Gasteiger partial charge in [-0.05, 0) is 37.5 Å². The number of morpholine rings is 1. The number of nitrogens with zero attached hydrogens (tertiary/aromatic N) is 2. The summed E-state index contributed by atoms with van der Waals surface area (Å²) in [5.41, 5.74) is 3.46. The van der Waals surface area contributed by atoms with Crippen LogP contribution in [0.2, 0.25) is 0 Å². The molecule has 2 aliphatic heterocycles. The molecule has 1 aromatic carbocycles. The first-order chi connectivity index (χ1) is 13.0. The van der Waals surface area contributed by atoms with E-state index in [2.05, 4.69) is 28.9 Å². The van der Waals surface area contributed by atoms with E-state index in [-0.39, 0.29) is 11.5 Å². The first-order valence-electron chi connectivity index (χ1n) is 9.77. The zero-order valence-electron chi connectivity index (χ0n) is 16.5. The average molecular weight is 371 g/mol. The SMILES string of the molecule is COc1cc(C)c2[nH]ccc2c1CN1CCC2(CC1)CN(C(C)=O)CCO2. The molecule has 1 N–H and O–H groups in total. The molecule has 6 nitrogen and oxygen atoms in total. The Bertz CT molecular complexity index is 837. The number of rotatable bonds is 3. The number of H-pyrrole nitrogens is 1. The van der Waals surface area contributed by atoms with E-state index in [1.54, 1.807) is 14.0 Å². The molecular weight excluding hydrogens is 342 g/mol. The Morgan fingerprint density at radius 3 is 2.81 bits per heavy atom. The van der Waals surface area contributed by atoms with Crippen molar-refractivity contribution in [2.24, 2.45) is 0 Å². The first-order valence-corrected chi connectivity index (χ1v) is 9.77.